The minimum atomic E-state index is 0.498. The molecule has 0 bridgehead atoms. The molecule has 0 spiro atoms. The van der Waals surface area contributed by atoms with Crippen LogP contribution in [0.25, 0.3) is 11.2 Å². The largest absolute Gasteiger partial charge is 0.364 e. The van der Waals surface area contributed by atoms with E-state index in [1.54, 1.807) is 6.33 Å². The molecule has 3 N–H and O–H groups in total. The standard InChI is InChI=1S/C18H15BrN6/c19-13-6-8-14(9-7-13)23-18-24-16(15-17(25-18)22-11-21-15)20-10-12-4-2-1-3-5-12/h1-9,11H,10H2,(H3,20,21,22,23,24,25). The van der Waals surface area contributed by atoms with Gasteiger partial charge in [0.25, 0.3) is 0 Å². The summed E-state index contributed by atoms with van der Waals surface area (Å²) in [6.07, 6.45) is 1.62. The Bertz CT molecular complexity index is 982. The molecule has 25 heavy (non-hydrogen) atoms. The molecule has 2 aromatic carbocycles. The molecule has 0 fully saturated rings. The van der Waals surface area contributed by atoms with Crippen LogP contribution >= 0.6 is 15.9 Å². The third-order valence-corrected chi connectivity index (χ3v) is 4.22. The molecule has 0 saturated heterocycles. The second-order valence-electron chi connectivity index (χ2n) is 5.47. The predicted octanol–water partition coefficient (Wildman–Crippen LogP) is 4.47. The van der Waals surface area contributed by atoms with Crippen LogP contribution in [0, 0.1) is 0 Å². The second-order valence-corrected chi connectivity index (χ2v) is 6.38. The molecule has 124 valence electrons. The molecule has 6 nitrogen and oxygen atoms in total. The summed E-state index contributed by atoms with van der Waals surface area (Å²) in [5, 5.41) is 6.57. The van der Waals surface area contributed by atoms with E-state index in [-0.39, 0.29) is 0 Å². The first-order chi connectivity index (χ1) is 12.3. The van der Waals surface area contributed by atoms with E-state index in [2.05, 4.69) is 58.6 Å². The summed E-state index contributed by atoms with van der Waals surface area (Å²) < 4.78 is 1.02. The van der Waals surface area contributed by atoms with Gasteiger partial charge in [-0.15, -0.1) is 0 Å². The third kappa shape index (κ3) is 3.61. The Kier molecular flexibility index (Phi) is 4.30. The normalized spacial score (nSPS) is 10.8. The minimum Gasteiger partial charge on any atom is -0.364 e. The average Bonchev–Trinajstić information content (AvgIpc) is 3.11. The second kappa shape index (κ2) is 6.90. The van der Waals surface area contributed by atoms with Crippen molar-refractivity contribution in [1.82, 2.24) is 19.9 Å². The lowest BCUT2D eigenvalue weighted by Crippen LogP contribution is -2.05. The number of fused-ring (bicyclic) bond motifs is 1. The maximum absolute atomic E-state index is 4.59. The Labute approximate surface area is 152 Å². The van der Waals surface area contributed by atoms with Crippen LogP contribution in [0.5, 0.6) is 0 Å². The van der Waals surface area contributed by atoms with E-state index < -0.39 is 0 Å². The first-order valence-corrected chi connectivity index (χ1v) is 8.59. The lowest BCUT2D eigenvalue weighted by atomic mass is 10.2. The smallest absolute Gasteiger partial charge is 0.231 e. The molecule has 2 heterocycles. The number of nitrogens with zero attached hydrogens (tertiary/aromatic N) is 3. The number of halogens is 1. The van der Waals surface area contributed by atoms with Crippen molar-refractivity contribution in [3.05, 3.63) is 71.0 Å². The number of aromatic nitrogens is 4. The van der Waals surface area contributed by atoms with Crippen LogP contribution < -0.4 is 10.6 Å². The molecule has 0 aliphatic heterocycles. The summed E-state index contributed by atoms with van der Waals surface area (Å²) in [7, 11) is 0. The van der Waals surface area contributed by atoms with E-state index >= 15 is 0 Å². The molecule has 2 aromatic heterocycles. The highest BCUT2D eigenvalue weighted by molar-refractivity contribution is 9.10. The van der Waals surface area contributed by atoms with Crippen molar-refractivity contribution in [2.45, 2.75) is 6.54 Å². The number of benzene rings is 2. The Balaban J connectivity index is 1.61. The fraction of sp³-hybridized carbons (Fsp3) is 0.0556. The quantitative estimate of drug-likeness (QED) is 0.465. The molecule has 0 saturated carbocycles. The van der Waals surface area contributed by atoms with Crippen molar-refractivity contribution >= 4 is 44.5 Å². The summed E-state index contributed by atoms with van der Waals surface area (Å²) >= 11 is 3.43. The van der Waals surface area contributed by atoms with Crippen molar-refractivity contribution < 1.29 is 0 Å². The number of anilines is 3. The van der Waals surface area contributed by atoms with Crippen molar-refractivity contribution in [3.8, 4) is 0 Å². The monoisotopic (exact) mass is 394 g/mol. The first-order valence-electron chi connectivity index (χ1n) is 7.79. The lowest BCUT2D eigenvalue weighted by Gasteiger charge is -2.10. The van der Waals surface area contributed by atoms with Crippen LogP contribution in [0.15, 0.2) is 65.4 Å². The number of hydrogen-bond donors (Lipinski definition) is 3. The maximum atomic E-state index is 4.59. The highest BCUT2D eigenvalue weighted by atomic mass is 79.9. The minimum absolute atomic E-state index is 0.498. The van der Waals surface area contributed by atoms with Crippen LogP contribution in [0.3, 0.4) is 0 Å². The SMILES string of the molecule is Brc1ccc(Nc2nc(NCc3ccccc3)c3[nH]cnc3n2)cc1. The van der Waals surface area contributed by atoms with Crippen LogP contribution in [-0.2, 0) is 6.54 Å². The van der Waals surface area contributed by atoms with Gasteiger partial charge in [-0.25, -0.2) is 4.98 Å². The molecule has 7 heteroatoms. The van der Waals surface area contributed by atoms with Crippen LogP contribution in [0.2, 0.25) is 0 Å². The zero-order chi connectivity index (χ0) is 17.1. The fourth-order valence-corrected chi connectivity index (χ4v) is 2.73. The van der Waals surface area contributed by atoms with Crippen LogP contribution in [0.1, 0.15) is 5.56 Å². The molecule has 0 unspecified atom stereocenters. The number of H-pyrrole nitrogens is 1. The van der Waals surface area contributed by atoms with Gasteiger partial charge >= 0.3 is 0 Å². The molecule has 0 radical (unpaired) electrons. The summed E-state index contributed by atoms with van der Waals surface area (Å²) in [5.41, 5.74) is 3.49. The Morgan fingerprint density at radius 2 is 1.76 bits per heavy atom. The molecule has 0 amide bonds. The van der Waals surface area contributed by atoms with Gasteiger partial charge in [-0.3, -0.25) is 0 Å². The highest BCUT2D eigenvalue weighted by Gasteiger charge is 2.10. The first kappa shape index (κ1) is 15.6. The topological polar surface area (TPSA) is 78.5 Å². The molecule has 4 rings (SSSR count). The zero-order valence-electron chi connectivity index (χ0n) is 13.2. The molecule has 0 aliphatic carbocycles. The van der Waals surface area contributed by atoms with Gasteiger partial charge in [-0.2, -0.15) is 9.97 Å². The van der Waals surface area contributed by atoms with Gasteiger partial charge in [0.2, 0.25) is 5.95 Å². The van der Waals surface area contributed by atoms with Crippen LogP contribution in [0.4, 0.5) is 17.5 Å². The highest BCUT2D eigenvalue weighted by Crippen LogP contribution is 2.22. The molecular weight excluding hydrogens is 380 g/mol. The Morgan fingerprint density at radius 3 is 2.56 bits per heavy atom. The van der Waals surface area contributed by atoms with E-state index in [1.807, 2.05) is 42.5 Å². The Hall–Kier alpha value is -2.93. The summed E-state index contributed by atoms with van der Waals surface area (Å²) in [5.74, 6) is 1.21. The van der Waals surface area contributed by atoms with Gasteiger partial charge in [0.15, 0.2) is 11.5 Å². The van der Waals surface area contributed by atoms with E-state index in [0.29, 0.717) is 24.0 Å². The number of rotatable bonds is 5. The van der Waals surface area contributed by atoms with Gasteiger partial charge < -0.3 is 15.6 Å². The predicted molar refractivity (Wildman–Crippen MR) is 103 cm³/mol. The number of aromatic amines is 1. The number of nitrogens with one attached hydrogen (secondary N) is 3. The van der Waals surface area contributed by atoms with Crippen molar-refractivity contribution in [1.29, 1.82) is 0 Å². The Morgan fingerprint density at radius 1 is 0.960 bits per heavy atom. The van der Waals surface area contributed by atoms with Crippen molar-refractivity contribution in [2.75, 3.05) is 10.6 Å². The van der Waals surface area contributed by atoms with E-state index in [1.165, 1.54) is 5.56 Å². The van der Waals surface area contributed by atoms with Gasteiger partial charge in [-0.05, 0) is 29.8 Å². The van der Waals surface area contributed by atoms with E-state index in [9.17, 15) is 0 Å². The van der Waals surface area contributed by atoms with E-state index in [4.69, 9.17) is 0 Å². The molecular formula is C18H15BrN6. The maximum Gasteiger partial charge on any atom is 0.231 e. The molecule has 0 atom stereocenters. The number of imidazole rings is 1. The molecule has 0 aliphatic rings. The lowest BCUT2D eigenvalue weighted by molar-refractivity contribution is 1.10. The van der Waals surface area contributed by atoms with Gasteiger partial charge in [0.1, 0.15) is 5.52 Å². The summed E-state index contributed by atoms with van der Waals surface area (Å²) in [6.45, 7) is 0.670. The summed E-state index contributed by atoms with van der Waals surface area (Å²) in [4.78, 5) is 16.4. The zero-order valence-corrected chi connectivity index (χ0v) is 14.8. The summed E-state index contributed by atoms with van der Waals surface area (Å²) in [6, 6.07) is 18.0. The van der Waals surface area contributed by atoms with Gasteiger partial charge in [0.05, 0.1) is 6.33 Å². The number of hydrogen-bond acceptors (Lipinski definition) is 5. The van der Waals surface area contributed by atoms with Crippen LogP contribution in [-0.4, -0.2) is 19.9 Å². The van der Waals surface area contributed by atoms with Crippen molar-refractivity contribution in [2.24, 2.45) is 0 Å². The average molecular weight is 395 g/mol. The van der Waals surface area contributed by atoms with Gasteiger partial charge in [-0.1, -0.05) is 46.3 Å². The van der Waals surface area contributed by atoms with Gasteiger partial charge in [0, 0.05) is 16.7 Å². The fourth-order valence-electron chi connectivity index (χ4n) is 2.46. The van der Waals surface area contributed by atoms with Crippen molar-refractivity contribution in [3.63, 3.8) is 0 Å². The third-order valence-electron chi connectivity index (χ3n) is 3.69. The molecule has 4 aromatic rings. The van der Waals surface area contributed by atoms with E-state index in [0.717, 1.165) is 15.7 Å².